The van der Waals surface area contributed by atoms with E-state index in [0.717, 1.165) is 10.6 Å². The van der Waals surface area contributed by atoms with Gasteiger partial charge < -0.3 is 10.8 Å². The monoisotopic (exact) mass is 227 g/mol. The fourth-order valence-corrected chi connectivity index (χ4v) is 1.52. The smallest absolute Gasteiger partial charge is 0.331 e. The molecule has 1 aromatic rings. The van der Waals surface area contributed by atoms with Crippen molar-refractivity contribution >= 4 is 5.91 Å². The quantitative estimate of drug-likeness (QED) is 0.608. The number of carbonyl (C=O) groups excluding carboxylic acids is 1. The van der Waals surface area contributed by atoms with Gasteiger partial charge >= 0.3 is 5.69 Å². The van der Waals surface area contributed by atoms with Gasteiger partial charge in [-0.1, -0.05) is 13.8 Å². The molecule has 88 valence electrons. The lowest BCUT2D eigenvalue weighted by molar-refractivity contribution is -0.122. The van der Waals surface area contributed by atoms with Crippen molar-refractivity contribution in [3.63, 3.8) is 0 Å². The van der Waals surface area contributed by atoms with Crippen molar-refractivity contribution in [1.82, 2.24) is 9.55 Å². The predicted octanol–water partition coefficient (Wildman–Crippen LogP) is -1.08. The number of aromatic amines is 1. The molecule has 7 heteroatoms. The number of hydrogen-bond donors (Lipinski definition) is 3. The highest BCUT2D eigenvalue weighted by atomic mass is 16.3. The van der Waals surface area contributed by atoms with Crippen LogP contribution < -0.4 is 17.0 Å². The van der Waals surface area contributed by atoms with Gasteiger partial charge in [0, 0.05) is 0 Å². The standard InChI is InChI=1S/C9H13N3O4/c1-4(2)7(8(10)15)12-6(14)3-5(13)11-9(12)16/h3-4,7,14H,1-2H3,(H2,10,15)(H,11,13,16). The third kappa shape index (κ3) is 2.13. The second-order valence-electron chi connectivity index (χ2n) is 3.76. The van der Waals surface area contributed by atoms with Crippen LogP contribution in [0.2, 0.25) is 0 Å². The third-order valence-corrected chi connectivity index (χ3v) is 2.16. The molecule has 4 N–H and O–H groups in total. The molecule has 1 rings (SSSR count). The van der Waals surface area contributed by atoms with E-state index in [-0.39, 0.29) is 5.92 Å². The lowest BCUT2D eigenvalue weighted by atomic mass is 10.0. The van der Waals surface area contributed by atoms with E-state index >= 15 is 0 Å². The number of primary amides is 1. The molecule has 1 amide bonds. The summed E-state index contributed by atoms with van der Waals surface area (Å²) in [7, 11) is 0. The molecule has 0 radical (unpaired) electrons. The van der Waals surface area contributed by atoms with E-state index in [2.05, 4.69) is 0 Å². The largest absolute Gasteiger partial charge is 0.494 e. The Labute approximate surface area is 90.5 Å². The van der Waals surface area contributed by atoms with Gasteiger partial charge in [-0.2, -0.15) is 0 Å². The van der Waals surface area contributed by atoms with Crippen LogP contribution >= 0.6 is 0 Å². The van der Waals surface area contributed by atoms with Gasteiger partial charge in [-0.25, -0.2) is 4.79 Å². The maximum atomic E-state index is 11.5. The summed E-state index contributed by atoms with van der Waals surface area (Å²) in [6, 6.07) is -0.177. The van der Waals surface area contributed by atoms with Crippen LogP contribution in [0.1, 0.15) is 19.9 Å². The van der Waals surface area contributed by atoms with E-state index in [1.807, 2.05) is 4.98 Å². The Kier molecular flexibility index (Phi) is 3.17. The molecule has 0 aliphatic carbocycles. The minimum atomic E-state index is -0.996. The summed E-state index contributed by atoms with van der Waals surface area (Å²) in [5.74, 6) is -1.61. The van der Waals surface area contributed by atoms with Gasteiger partial charge in [-0.3, -0.25) is 19.1 Å². The maximum Gasteiger partial charge on any atom is 0.331 e. The molecule has 0 saturated heterocycles. The number of nitrogens with one attached hydrogen (secondary N) is 1. The summed E-state index contributed by atoms with van der Waals surface area (Å²) in [6.07, 6.45) is 0. The third-order valence-electron chi connectivity index (χ3n) is 2.16. The Morgan fingerprint density at radius 1 is 1.50 bits per heavy atom. The molecule has 0 aliphatic heterocycles. The maximum absolute atomic E-state index is 11.5. The average molecular weight is 227 g/mol. The number of carbonyl (C=O) groups is 1. The number of hydrogen-bond acceptors (Lipinski definition) is 4. The molecule has 1 unspecified atom stereocenters. The van der Waals surface area contributed by atoms with Gasteiger partial charge in [-0.15, -0.1) is 0 Å². The lowest BCUT2D eigenvalue weighted by Crippen LogP contribution is -2.39. The Bertz CT molecular complexity index is 514. The van der Waals surface area contributed by atoms with Gasteiger partial charge in [-0.05, 0) is 5.92 Å². The molecule has 0 fully saturated rings. The molecular formula is C9H13N3O4. The van der Waals surface area contributed by atoms with Crippen LogP contribution in [0.15, 0.2) is 15.7 Å². The van der Waals surface area contributed by atoms with Gasteiger partial charge in [0.1, 0.15) is 6.04 Å². The number of H-pyrrole nitrogens is 1. The van der Waals surface area contributed by atoms with Crippen LogP contribution in [-0.4, -0.2) is 20.6 Å². The number of nitrogens with two attached hydrogens (primary N) is 1. The molecule has 7 nitrogen and oxygen atoms in total. The number of amides is 1. The van der Waals surface area contributed by atoms with E-state index in [1.54, 1.807) is 13.8 Å². The van der Waals surface area contributed by atoms with E-state index in [1.165, 1.54) is 0 Å². The second kappa shape index (κ2) is 4.21. The minimum absolute atomic E-state index is 0.285. The topological polar surface area (TPSA) is 118 Å². The fourth-order valence-electron chi connectivity index (χ4n) is 1.52. The first-order valence-corrected chi connectivity index (χ1v) is 4.68. The predicted molar refractivity (Wildman–Crippen MR) is 56.1 cm³/mol. The van der Waals surface area contributed by atoms with Crippen molar-refractivity contribution in [1.29, 1.82) is 0 Å². The summed E-state index contributed by atoms with van der Waals surface area (Å²) in [5.41, 5.74) is 3.55. The number of aromatic nitrogens is 2. The Hall–Kier alpha value is -2.05. The summed E-state index contributed by atoms with van der Waals surface area (Å²) < 4.78 is 0.772. The second-order valence-corrected chi connectivity index (χ2v) is 3.76. The van der Waals surface area contributed by atoms with Gasteiger partial charge in [0.25, 0.3) is 5.56 Å². The van der Waals surface area contributed by atoms with Gasteiger partial charge in [0.05, 0.1) is 6.07 Å². The normalized spacial score (nSPS) is 12.7. The van der Waals surface area contributed by atoms with Crippen LogP contribution in [0.4, 0.5) is 0 Å². The van der Waals surface area contributed by atoms with E-state index < -0.39 is 29.1 Å². The van der Waals surface area contributed by atoms with E-state index in [0.29, 0.717) is 0 Å². The SMILES string of the molecule is CC(C)C(C(N)=O)n1c(O)cc(=O)[nH]c1=O. The highest BCUT2D eigenvalue weighted by Crippen LogP contribution is 2.19. The fraction of sp³-hybridized carbons (Fsp3) is 0.444. The van der Waals surface area contributed by atoms with Crippen molar-refractivity contribution in [3.05, 3.63) is 26.9 Å². The van der Waals surface area contributed by atoms with Crippen molar-refractivity contribution in [2.45, 2.75) is 19.9 Å². The van der Waals surface area contributed by atoms with E-state index in [4.69, 9.17) is 5.73 Å². The first-order valence-electron chi connectivity index (χ1n) is 4.68. The summed E-state index contributed by atoms with van der Waals surface area (Å²) >= 11 is 0. The zero-order valence-corrected chi connectivity index (χ0v) is 8.93. The molecule has 1 atom stereocenters. The Morgan fingerprint density at radius 2 is 2.06 bits per heavy atom. The average Bonchev–Trinajstić information content (AvgIpc) is 2.09. The zero-order chi connectivity index (χ0) is 12.5. The summed E-state index contributed by atoms with van der Waals surface area (Å²) in [5, 5.41) is 9.48. The van der Waals surface area contributed by atoms with Crippen molar-refractivity contribution in [2.24, 2.45) is 11.7 Å². The lowest BCUT2D eigenvalue weighted by Gasteiger charge is -2.20. The van der Waals surface area contributed by atoms with Crippen molar-refractivity contribution in [3.8, 4) is 5.88 Å². The number of rotatable bonds is 3. The zero-order valence-electron chi connectivity index (χ0n) is 8.93. The molecule has 0 aromatic carbocycles. The number of aromatic hydroxyl groups is 1. The molecule has 1 aromatic heterocycles. The molecule has 0 saturated carbocycles. The first kappa shape index (κ1) is 12.0. The summed E-state index contributed by atoms with van der Waals surface area (Å²) in [6.45, 7) is 3.35. The van der Waals surface area contributed by atoms with Crippen LogP contribution in [0, 0.1) is 5.92 Å². The van der Waals surface area contributed by atoms with E-state index in [9.17, 15) is 19.5 Å². The minimum Gasteiger partial charge on any atom is -0.494 e. The van der Waals surface area contributed by atoms with Crippen LogP contribution in [0.5, 0.6) is 5.88 Å². The Morgan fingerprint density at radius 3 is 2.44 bits per heavy atom. The highest BCUT2D eigenvalue weighted by molar-refractivity contribution is 5.78. The number of nitrogens with zero attached hydrogens (tertiary/aromatic N) is 1. The van der Waals surface area contributed by atoms with Gasteiger partial charge in [0.2, 0.25) is 11.8 Å². The molecule has 1 heterocycles. The molecular weight excluding hydrogens is 214 g/mol. The van der Waals surface area contributed by atoms with Crippen molar-refractivity contribution in [2.75, 3.05) is 0 Å². The molecule has 16 heavy (non-hydrogen) atoms. The Balaban J connectivity index is 3.47. The van der Waals surface area contributed by atoms with Gasteiger partial charge in [0.15, 0.2) is 0 Å². The van der Waals surface area contributed by atoms with Crippen molar-refractivity contribution < 1.29 is 9.90 Å². The van der Waals surface area contributed by atoms with Crippen LogP contribution in [-0.2, 0) is 4.79 Å². The molecule has 0 bridgehead atoms. The van der Waals surface area contributed by atoms with Crippen LogP contribution in [0.3, 0.4) is 0 Å². The summed E-state index contributed by atoms with van der Waals surface area (Å²) in [4.78, 5) is 35.5. The van der Waals surface area contributed by atoms with Crippen LogP contribution in [0.25, 0.3) is 0 Å². The molecule has 0 aliphatic rings. The highest BCUT2D eigenvalue weighted by Gasteiger charge is 2.25. The molecule has 0 spiro atoms. The first-order chi connectivity index (χ1) is 7.34.